The van der Waals surface area contributed by atoms with E-state index in [1.807, 2.05) is 19.9 Å². The molecule has 0 fully saturated rings. The molecule has 0 heterocycles. The van der Waals surface area contributed by atoms with E-state index in [9.17, 15) is 0 Å². The van der Waals surface area contributed by atoms with Gasteiger partial charge in [-0.25, -0.2) is 0 Å². The minimum absolute atomic E-state index is 0.649. The first-order valence-corrected chi connectivity index (χ1v) is 8.80. The summed E-state index contributed by atoms with van der Waals surface area (Å²) in [5.74, 6) is 1.67. The van der Waals surface area contributed by atoms with Gasteiger partial charge in [0.05, 0.1) is 13.2 Å². The van der Waals surface area contributed by atoms with E-state index in [1.54, 1.807) is 0 Å². The molecule has 1 aromatic carbocycles. The summed E-state index contributed by atoms with van der Waals surface area (Å²) in [6.45, 7) is 9.61. The summed E-state index contributed by atoms with van der Waals surface area (Å²) in [5.41, 5.74) is 1.30. The van der Waals surface area contributed by atoms with E-state index >= 15 is 0 Å². The maximum atomic E-state index is 5.69. The van der Waals surface area contributed by atoms with Crippen LogP contribution in [0.4, 0.5) is 0 Å². The van der Waals surface area contributed by atoms with Gasteiger partial charge in [-0.2, -0.15) is 0 Å². The molecule has 0 saturated carbocycles. The van der Waals surface area contributed by atoms with Crippen molar-refractivity contribution in [3.8, 4) is 11.5 Å². The Kier molecular flexibility index (Phi) is 9.51. The van der Waals surface area contributed by atoms with Gasteiger partial charge in [-0.1, -0.05) is 29.3 Å². The van der Waals surface area contributed by atoms with E-state index in [-0.39, 0.29) is 0 Å². The predicted molar refractivity (Wildman–Crippen MR) is 92.6 cm³/mol. The average Bonchev–Trinajstić information content (AvgIpc) is 2.47. The maximum absolute atomic E-state index is 5.69. The predicted octanol–water partition coefficient (Wildman–Crippen LogP) is 4.57. The summed E-state index contributed by atoms with van der Waals surface area (Å²) in [6.07, 6.45) is 4.75. The third-order valence-corrected chi connectivity index (χ3v) is 4.00. The number of nitrogens with one attached hydrogen (secondary N) is 1. The Labute approximate surface area is 137 Å². The van der Waals surface area contributed by atoms with Crippen molar-refractivity contribution < 1.29 is 9.47 Å². The third-order valence-electron chi connectivity index (χ3n) is 3.26. The third kappa shape index (κ3) is 6.70. The Morgan fingerprint density at radius 1 is 0.952 bits per heavy atom. The van der Waals surface area contributed by atoms with Crippen molar-refractivity contribution in [3.63, 3.8) is 0 Å². The molecule has 0 unspecified atom stereocenters. The molecule has 0 bridgehead atoms. The molecule has 21 heavy (non-hydrogen) atoms. The molecule has 1 aromatic rings. The summed E-state index contributed by atoms with van der Waals surface area (Å²) >= 11 is 3.65. The second-order valence-corrected chi connectivity index (χ2v) is 5.77. The van der Waals surface area contributed by atoms with Crippen molar-refractivity contribution in [1.29, 1.82) is 0 Å². The van der Waals surface area contributed by atoms with Gasteiger partial charge in [-0.3, -0.25) is 0 Å². The number of hydrogen-bond acceptors (Lipinski definition) is 3. The van der Waals surface area contributed by atoms with Crippen molar-refractivity contribution in [3.05, 3.63) is 22.2 Å². The lowest BCUT2D eigenvalue weighted by Crippen LogP contribution is -2.13. The summed E-state index contributed by atoms with van der Waals surface area (Å²) in [6, 6.07) is 4.14. The number of unbranched alkanes of at least 4 members (excludes halogenated alkanes) is 2. The van der Waals surface area contributed by atoms with Crippen LogP contribution in [0.1, 0.15) is 45.6 Å². The van der Waals surface area contributed by atoms with Crippen LogP contribution < -0.4 is 14.8 Å². The standard InChI is InChI=1S/C17H28BrNO2/c1-4-19-11-9-7-8-10-14-12-16(20-5-2)17(21-6-3)13-15(14)18/h12-13,19H,4-11H2,1-3H3. The zero-order valence-corrected chi connectivity index (χ0v) is 15.1. The van der Waals surface area contributed by atoms with Crippen molar-refractivity contribution in [2.75, 3.05) is 26.3 Å². The van der Waals surface area contributed by atoms with Crippen molar-refractivity contribution in [2.45, 2.75) is 46.5 Å². The van der Waals surface area contributed by atoms with Crippen LogP contribution in [0.15, 0.2) is 16.6 Å². The first kappa shape index (κ1) is 18.3. The SMILES string of the molecule is CCNCCCCCc1cc(OCC)c(OCC)cc1Br. The number of hydrogen-bond donors (Lipinski definition) is 1. The molecule has 0 saturated heterocycles. The molecule has 4 heteroatoms. The van der Waals surface area contributed by atoms with Gasteiger partial charge < -0.3 is 14.8 Å². The van der Waals surface area contributed by atoms with E-state index in [1.165, 1.54) is 24.8 Å². The molecule has 3 nitrogen and oxygen atoms in total. The first-order chi connectivity index (χ1) is 10.2. The highest BCUT2D eigenvalue weighted by Gasteiger charge is 2.10. The van der Waals surface area contributed by atoms with Crippen LogP contribution in [0.3, 0.4) is 0 Å². The Morgan fingerprint density at radius 3 is 2.24 bits per heavy atom. The highest BCUT2D eigenvalue weighted by molar-refractivity contribution is 9.10. The van der Waals surface area contributed by atoms with E-state index in [0.29, 0.717) is 13.2 Å². The van der Waals surface area contributed by atoms with E-state index in [2.05, 4.69) is 34.2 Å². The number of ether oxygens (including phenoxy) is 2. The molecule has 0 aliphatic heterocycles. The molecular formula is C17H28BrNO2. The average molecular weight is 358 g/mol. The van der Waals surface area contributed by atoms with Crippen molar-refractivity contribution in [2.24, 2.45) is 0 Å². The van der Waals surface area contributed by atoms with Crippen LogP contribution >= 0.6 is 15.9 Å². The molecule has 0 radical (unpaired) electrons. The molecule has 120 valence electrons. The Morgan fingerprint density at radius 2 is 1.62 bits per heavy atom. The second-order valence-electron chi connectivity index (χ2n) is 4.92. The zero-order chi connectivity index (χ0) is 15.5. The summed E-state index contributed by atoms with van der Waals surface area (Å²) in [4.78, 5) is 0. The number of benzene rings is 1. The van der Waals surface area contributed by atoms with Gasteiger partial charge in [-0.05, 0) is 63.9 Å². The summed E-state index contributed by atoms with van der Waals surface area (Å²) in [7, 11) is 0. The van der Waals surface area contributed by atoms with Gasteiger partial charge in [0, 0.05) is 4.47 Å². The molecule has 1 rings (SSSR count). The summed E-state index contributed by atoms with van der Waals surface area (Å²) < 4.78 is 12.4. The zero-order valence-electron chi connectivity index (χ0n) is 13.5. The van der Waals surface area contributed by atoms with Gasteiger partial charge in [0.25, 0.3) is 0 Å². The first-order valence-electron chi connectivity index (χ1n) is 8.01. The lowest BCUT2D eigenvalue weighted by molar-refractivity contribution is 0.287. The minimum Gasteiger partial charge on any atom is -0.490 e. The largest absolute Gasteiger partial charge is 0.490 e. The smallest absolute Gasteiger partial charge is 0.162 e. The highest BCUT2D eigenvalue weighted by Crippen LogP contribution is 2.34. The molecule has 0 aromatic heterocycles. The summed E-state index contributed by atoms with van der Waals surface area (Å²) in [5, 5.41) is 3.36. The Hall–Kier alpha value is -0.740. The molecule has 0 atom stereocenters. The molecule has 0 aliphatic rings. The van der Waals surface area contributed by atoms with Crippen LogP contribution in [0.5, 0.6) is 11.5 Å². The van der Waals surface area contributed by atoms with Crippen LogP contribution in [0.25, 0.3) is 0 Å². The number of halogens is 1. The Bertz CT molecular complexity index is 410. The fourth-order valence-electron chi connectivity index (χ4n) is 2.22. The fraction of sp³-hybridized carbons (Fsp3) is 0.647. The van der Waals surface area contributed by atoms with Crippen LogP contribution in [0.2, 0.25) is 0 Å². The van der Waals surface area contributed by atoms with E-state index < -0.39 is 0 Å². The van der Waals surface area contributed by atoms with Crippen molar-refractivity contribution in [1.82, 2.24) is 5.32 Å². The topological polar surface area (TPSA) is 30.5 Å². The maximum Gasteiger partial charge on any atom is 0.162 e. The molecule has 0 aliphatic carbocycles. The highest BCUT2D eigenvalue weighted by atomic mass is 79.9. The van der Waals surface area contributed by atoms with Crippen molar-refractivity contribution >= 4 is 15.9 Å². The van der Waals surface area contributed by atoms with Crippen LogP contribution in [-0.4, -0.2) is 26.3 Å². The van der Waals surface area contributed by atoms with E-state index in [4.69, 9.17) is 9.47 Å². The molecule has 0 spiro atoms. The normalized spacial score (nSPS) is 10.7. The van der Waals surface area contributed by atoms with Crippen LogP contribution in [0, 0.1) is 0 Å². The Balaban J connectivity index is 2.58. The number of rotatable bonds is 11. The fourth-order valence-corrected chi connectivity index (χ4v) is 2.75. The minimum atomic E-state index is 0.649. The monoisotopic (exact) mass is 357 g/mol. The lowest BCUT2D eigenvalue weighted by atomic mass is 10.1. The number of aryl methyl sites for hydroxylation is 1. The van der Waals surface area contributed by atoms with Gasteiger partial charge in [-0.15, -0.1) is 0 Å². The van der Waals surface area contributed by atoms with Gasteiger partial charge in [0.15, 0.2) is 11.5 Å². The van der Waals surface area contributed by atoms with Gasteiger partial charge >= 0.3 is 0 Å². The van der Waals surface area contributed by atoms with Gasteiger partial charge in [0.1, 0.15) is 0 Å². The lowest BCUT2D eigenvalue weighted by Gasteiger charge is -2.14. The van der Waals surface area contributed by atoms with Crippen LogP contribution in [-0.2, 0) is 6.42 Å². The molecule has 1 N–H and O–H groups in total. The molecule has 0 amide bonds. The quantitative estimate of drug-likeness (QED) is 0.588. The van der Waals surface area contributed by atoms with Gasteiger partial charge in [0.2, 0.25) is 0 Å². The van der Waals surface area contributed by atoms with E-state index in [0.717, 1.165) is 35.5 Å². The second kappa shape index (κ2) is 10.9. The molecular weight excluding hydrogens is 330 g/mol.